The van der Waals surface area contributed by atoms with Crippen LogP contribution < -0.4 is 10.2 Å². The van der Waals surface area contributed by atoms with Crippen LogP contribution in [0.25, 0.3) is 0 Å². The lowest BCUT2D eigenvalue weighted by Crippen LogP contribution is -2.49. The topological polar surface area (TPSA) is 15.3 Å². The monoisotopic (exact) mass is 260 g/mol. The molecule has 1 aromatic carbocycles. The van der Waals surface area contributed by atoms with E-state index in [2.05, 4.69) is 17.1 Å². The van der Waals surface area contributed by atoms with Gasteiger partial charge in [0.1, 0.15) is 0 Å². The predicted octanol–water partition coefficient (Wildman–Crippen LogP) is 3.08. The molecule has 1 aliphatic rings. The van der Waals surface area contributed by atoms with Gasteiger partial charge in [-0.15, -0.1) is 0 Å². The number of hydrogen-bond acceptors (Lipinski definition) is 2. The van der Waals surface area contributed by atoms with Crippen molar-refractivity contribution in [2.45, 2.75) is 19.4 Å². The predicted molar refractivity (Wildman–Crippen MR) is 66.1 cm³/mol. The molecule has 0 saturated carbocycles. The van der Waals surface area contributed by atoms with Gasteiger partial charge in [0.05, 0.1) is 0 Å². The van der Waals surface area contributed by atoms with Gasteiger partial charge in [0.2, 0.25) is 0 Å². The number of alkyl halides is 2. The Morgan fingerprint density at radius 1 is 1.47 bits per heavy atom. The van der Waals surface area contributed by atoms with Crippen molar-refractivity contribution >= 4 is 17.3 Å². The lowest BCUT2D eigenvalue weighted by Gasteiger charge is -2.36. The van der Waals surface area contributed by atoms with E-state index in [0.717, 1.165) is 25.3 Å². The number of hydrogen-bond donors (Lipinski definition) is 1. The quantitative estimate of drug-likeness (QED) is 0.879. The van der Waals surface area contributed by atoms with E-state index in [1.165, 1.54) is 6.07 Å². The van der Waals surface area contributed by atoms with Gasteiger partial charge in [-0.25, -0.2) is 8.78 Å². The van der Waals surface area contributed by atoms with Gasteiger partial charge in [-0.05, 0) is 25.1 Å². The summed E-state index contributed by atoms with van der Waals surface area (Å²) < 4.78 is 25.5. The molecule has 0 aliphatic carbocycles. The Bertz CT molecular complexity index is 398. The van der Waals surface area contributed by atoms with Crippen LogP contribution in [0.15, 0.2) is 18.2 Å². The van der Waals surface area contributed by atoms with Crippen LogP contribution in [0.3, 0.4) is 0 Å². The Labute approximate surface area is 105 Å². The van der Waals surface area contributed by atoms with E-state index in [1.807, 2.05) is 0 Å². The number of piperazine rings is 1. The highest BCUT2D eigenvalue weighted by Crippen LogP contribution is 2.31. The Morgan fingerprint density at radius 2 is 2.24 bits per heavy atom. The summed E-state index contributed by atoms with van der Waals surface area (Å²) in [6.07, 6.45) is -2.53. The lowest BCUT2D eigenvalue weighted by atomic mass is 10.1. The summed E-state index contributed by atoms with van der Waals surface area (Å²) in [5.74, 6) is 0. The molecule has 94 valence electrons. The van der Waals surface area contributed by atoms with E-state index in [1.54, 1.807) is 12.1 Å². The van der Waals surface area contributed by atoms with Crippen LogP contribution in [0.2, 0.25) is 5.02 Å². The first-order chi connectivity index (χ1) is 8.09. The van der Waals surface area contributed by atoms with Crippen molar-refractivity contribution < 1.29 is 8.78 Å². The molecule has 1 heterocycles. The molecule has 0 radical (unpaired) electrons. The summed E-state index contributed by atoms with van der Waals surface area (Å²) in [4.78, 5) is 2.12. The fourth-order valence-electron chi connectivity index (χ4n) is 2.10. The molecule has 2 nitrogen and oxygen atoms in total. The van der Waals surface area contributed by atoms with Crippen molar-refractivity contribution in [2.75, 3.05) is 24.5 Å². The molecule has 1 aromatic rings. The van der Waals surface area contributed by atoms with Gasteiger partial charge in [-0.1, -0.05) is 11.6 Å². The molecule has 1 N–H and O–H groups in total. The molecule has 0 aromatic heterocycles. The molecular formula is C12H15ClF2N2. The van der Waals surface area contributed by atoms with Crippen molar-refractivity contribution in [1.82, 2.24) is 5.32 Å². The van der Waals surface area contributed by atoms with Crippen molar-refractivity contribution in [2.24, 2.45) is 0 Å². The second-order valence-corrected chi connectivity index (χ2v) is 4.66. The van der Waals surface area contributed by atoms with Crippen molar-refractivity contribution in [1.29, 1.82) is 0 Å². The van der Waals surface area contributed by atoms with Gasteiger partial charge in [0, 0.05) is 41.9 Å². The number of nitrogens with one attached hydrogen (secondary N) is 1. The van der Waals surface area contributed by atoms with Gasteiger partial charge >= 0.3 is 0 Å². The average Bonchev–Trinajstić information content (AvgIpc) is 2.30. The highest BCUT2D eigenvalue weighted by atomic mass is 35.5. The molecule has 2 rings (SSSR count). The fraction of sp³-hybridized carbons (Fsp3) is 0.500. The number of nitrogens with zero attached hydrogens (tertiary/aromatic N) is 1. The van der Waals surface area contributed by atoms with Crippen molar-refractivity contribution in [3.63, 3.8) is 0 Å². The lowest BCUT2D eigenvalue weighted by molar-refractivity contribution is 0.151. The fourth-order valence-corrected chi connectivity index (χ4v) is 2.30. The van der Waals surface area contributed by atoms with Gasteiger partial charge in [-0.2, -0.15) is 0 Å². The first-order valence-corrected chi connectivity index (χ1v) is 6.02. The van der Waals surface area contributed by atoms with Crippen LogP contribution >= 0.6 is 11.6 Å². The Morgan fingerprint density at radius 3 is 2.88 bits per heavy atom. The van der Waals surface area contributed by atoms with Gasteiger partial charge in [-0.3, -0.25) is 0 Å². The molecule has 0 bridgehead atoms. The average molecular weight is 261 g/mol. The minimum Gasteiger partial charge on any atom is -0.366 e. The highest BCUT2D eigenvalue weighted by Gasteiger charge is 2.20. The second-order valence-electron chi connectivity index (χ2n) is 4.25. The zero-order valence-electron chi connectivity index (χ0n) is 9.59. The van der Waals surface area contributed by atoms with Gasteiger partial charge in [0.15, 0.2) is 0 Å². The Hall–Kier alpha value is -0.870. The zero-order chi connectivity index (χ0) is 12.4. The number of anilines is 1. The standard InChI is InChI=1S/C12H15ClF2N2/c1-8-7-16-4-5-17(8)9-2-3-11(13)10(6-9)12(14)15/h2-3,6,8,12,16H,4-5,7H2,1H3/t8-/m0/s1. The molecule has 0 unspecified atom stereocenters. The van der Waals surface area contributed by atoms with Crippen LogP contribution in [-0.4, -0.2) is 25.7 Å². The minimum atomic E-state index is -2.53. The second kappa shape index (κ2) is 5.19. The molecule has 0 amide bonds. The van der Waals surface area contributed by atoms with Crippen LogP contribution in [0.1, 0.15) is 18.9 Å². The maximum absolute atomic E-state index is 12.8. The molecule has 1 aliphatic heterocycles. The van der Waals surface area contributed by atoms with E-state index in [0.29, 0.717) is 6.04 Å². The van der Waals surface area contributed by atoms with E-state index in [4.69, 9.17) is 11.6 Å². The van der Waals surface area contributed by atoms with Crippen LogP contribution in [-0.2, 0) is 0 Å². The third kappa shape index (κ3) is 2.69. The minimum absolute atomic E-state index is 0.0881. The zero-order valence-corrected chi connectivity index (χ0v) is 10.3. The van der Waals surface area contributed by atoms with E-state index in [-0.39, 0.29) is 10.6 Å². The first kappa shape index (κ1) is 12.6. The smallest absolute Gasteiger partial charge is 0.265 e. The summed E-state index contributed by atoms with van der Waals surface area (Å²) in [6, 6.07) is 5.15. The first-order valence-electron chi connectivity index (χ1n) is 5.64. The number of benzene rings is 1. The largest absolute Gasteiger partial charge is 0.366 e. The van der Waals surface area contributed by atoms with Crippen molar-refractivity contribution in [3.05, 3.63) is 28.8 Å². The van der Waals surface area contributed by atoms with Crippen LogP contribution in [0, 0.1) is 0 Å². The molecule has 0 spiro atoms. The highest BCUT2D eigenvalue weighted by molar-refractivity contribution is 6.31. The summed E-state index contributed by atoms with van der Waals surface area (Å²) >= 11 is 5.76. The van der Waals surface area contributed by atoms with Gasteiger partial charge < -0.3 is 10.2 Å². The molecular weight excluding hydrogens is 246 g/mol. The molecule has 1 atom stereocenters. The van der Waals surface area contributed by atoms with E-state index < -0.39 is 6.43 Å². The normalized spacial score (nSPS) is 21.0. The molecule has 1 fully saturated rings. The maximum Gasteiger partial charge on any atom is 0.265 e. The van der Waals surface area contributed by atoms with Crippen molar-refractivity contribution in [3.8, 4) is 0 Å². The van der Waals surface area contributed by atoms with E-state index in [9.17, 15) is 8.78 Å². The molecule has 17 heavy (non-hydrogen) atoms. The third-order valence-corrected chi connectivity index (χ3v) is 3.39. The van der Waals surface area contributed by atoms with Crippen LogP contribution in [0.4, 0.5) is 14.5 Å². The Balaban J connectivity index is 2.29. The maximum atomic E-state index is 12.8. The van der Waals surface area contributed by atoms with Gasteiger partial charge in [0.25, 0.3) is 6.43 Å². The molecule has 5 heteroatoms. The Kier molecular flexibility index (Phi) is 3.84. The van der Waals surface area contributed by atoms with E-state index >= 15 is 0 Å². The summed E-state index contributed by atoms with van der Waals surface area (Å²) in [7, 11) is 0. The third-order valence-electron chi connectivity index (χ3n) is 3.05. The SMILES string of the molecule is C[C@H]1CNCCN1c1ccc(Cl)c(C(F)F)c1. The summed E-state index contributed by atoms with van der Waals surface area (Å²) in [5, 5.41) is 3.40. The molecule has 1 saturated heterocycles. The number of halogens is 3. The van der Waals surface area contributed by atoms with Crippen LogP contribution in [0.5, 0.6) is 0 Å². The number of rotatable bonds is 2. The summed E-state index contributed by atoms with van der Waals surface area (Å²) in [5.41, 5.74) is 0.730. The summed E-state index contributed by atoms with van der Waals surface area (Å²) in [6.45, 7) is 4.64.